The Balaban J connectivity index is 2.28. The summed E-state index contributed by atoms with van der Waals surface area (Å²) in [5, 5.41) is 3.02. The first-order valence-corrected chi connectivity index (χ1v) is 6.57. The molecule has 100 valence electrons. The van der Waals surface area contributed by atoms with Gasteiger partial charge < -0.3 is 11.1 Å². The summed E-state index contributed by atoms with van der Waals surface area (Å²) < 4.78 is 27.3. The minimum absolute atomic E-state index is 0.262. The molecule has 5 heteroatoms. The van der Waals surface area contributed by atoms with E-state index in [0.29, 0.717) is 10.2 Å². The predicted molar refractivity (Wildman–Crippen MR) is 75.9 cm³/mol. The molecule has 3 N–H and O–H groups in total. The Kier molecular flexibility index (Phi) is 4.50. The van der Waals surface area contributed by atoms with Crippen molar-refractivity contribution < 1.29 is 8.78 Å². The van der Waals surface area contributed by atoms with Crippen molar-refractivity contribution >= 4 is 21.6 Å². The van der Waals surface area contributed by atoms with E-state index in [1.807, 2.05) is 0 Å². The van der Waals surface area contributed by atoms with Crippen molar-refractivity contribution in [3.8, 4) is 0 Å². The van der Waals surface area contributed by atoms with Gasteiger partial charge in [-0.2, -0.15) is 0 Å². The number of nitrogens with two attached hydrogens (primary N) is 1. The fourth-order valence-corrected chi connectivity index (χ4v) is 2.44. The van der Waals surface area contributed by atoms with Crippen LogP contribution in [0.1, 0.15) is 11.6 Å². The topological polar surface area (TPSA) is 38.0 Å². The smallest absolute Gasteiger partial charge is 0.146 e. The van der Waals surface area contributed by atoms with Crippen LogP contribution in [0.25, 0.3) is 0 Å². The number of benzene rings is 2. The molecule has 0 amide bonds. The molecule has 0 aliphatic heterocycles. The minimum Gasteiger partial charge on any atom is -0.375 e. The lowest BCUT2D eigenvalue weighted by atomic mass is 10.1. The standard InChI is InChI=1S/C14H13BrF2N2/c15-11-7-9(16)5-6-10(11)14(8-18)19-13-4-2-1-3-12(13)17/h1-7,14,19H,8,18H2. The van der Waals surface area contributed by atoms with Gasteiger partial charge in [-0.3, -0.25) is 0 Å². The van der Waals surface area contributed by atoms with Crippen LogP contribution in [0.3, 0.4) is 0 Å². The molecule has 2 aromatic rings. The van der Waals surface area contributed by atoms with E-state index in [2.05, 4.69) is 21.2 Å². The molecule has 1 unspecified atom stereocenters. The summed E-state index contributed by atoms with van der Waals surface area (Å²) in [7, 11) is 0. The Hall–Kier alpha value is -1.46. The molecule has 0 heterocycles. The predicted octanol–water partition coefficient (Wildman–Crippen LogP) is 3.84. The second-order valence-corrected chi connectivity index (χ2v) is 4.93. The first-order chi connectivity index (χ1) is 9.11. The van der Waals surface area contributed by atoms with E-state index in [9.17, 15) is 8.78 Å². The maximum absolute atomic E-state index is 13.6. The van der Waals surface area contributed by atoms with Crippen LogP contribution in [-0.2, 0) is 0 Å². The second-order valence-electron chi connectivity index (χ2n) is 4.08. The molecule has 0 aromatic heterocycles. The highest BCUT2D eigenvalue weighted by atomic mass is 79.9. The van der Waals surface area contributed by atoms with E-state index in [4.69, 9.17) is 5.73 Å². The van der Waals surface area contributed by atoms with E-state index in [1.165, 1.54) is 18.2 Å². The summed E-state index contributed by atoms with van der Waals surface area (Å²) >= 11 is 3.29. The summed E-state index contributed by atoms with van der Waals surface area (Å²) in [6, 6.07) is 10.4. The Labute approximate surface area is 118 Å². The van der Waals surface area contributed by atoms with Crippen LogP contribution in [0.15, 0.2) is 46.9 Å². The van der Waals surface area contributed by atoms with Gasteiger partial charge in [0.2, 0.25) is 0 Å². The lowest BCUT2D eigenvalue weighted by molar-refractivity contribution is 0.620. The third-order valence-corrected chi connectivity index (χ3v) is 3.46. The Bertz CT molecular complexity index is 575. The number of para-hydroxylation sites is 1. The van der Waals surface area contributed by atoms with Gasteiger partial charge in [0.25, 0.3) is 0 Å². The van der Waals surface area contributed by atoms with Gasteiger partial charge in [-0.15, -0.1) is 0 Å². The molecule has 0 aliphatic carbocycles. The molecular weight excluding hydrogens is 314 g/mol. The van der Waals surface area contributed by atoms with E-state index in [1.54, 1.807) is 24.3 Å². The zero-order valence-corrected chi connectivity index (χ0v) is 11.6. The normalized spacial score (nSPS) is 12.2. The van der Waals surface area contributed by atoms with Gasteiger partial charge in [-0.05, 0) is 29.8 Å². The molecule has 19 heavy (non-hydrogen) atoms. The third kappa shape index (κ3) is 3.30. The van der Waals surface area contributed by atoms with Crippen LogP contribution in [0.4, 0.5) is 14.5 Å². The van der Waals surface area contributed by atoms with Gasteiger partial charge >= 0.3 is 0 Å². The van der Waals surface area contributed by atoms with Crippen LogP contribution in [0, 0.1) is 11.6 Å². The first kappa shape index (κ1) is 14.0. The number of hydrogen-bond donors (Lipinski definition) is 2. The summed E-state index contributed by atoms with van der Waals surface area (Å²) in [6.45, 7) is 0.262. The van der Waals surface area contributed by atoms with Crippen LogP contribution >= 0.6 is 15.9 Å². The molecule has 1 atom stereocenters. The molecule has 0 saturated carbocycles. The molecule has 0 bridgehead atoms. The zero-order chi connectivity index (χ0) is 13.8. The van der Waals surface area contributed by atoms with Gasteiger partial charge in [0.05, 0.1) is 11.7 Å². The number of anilines is 1. The maximum atomic E-state index is 13.6. The van der Waals surface area contributed by atoms with Crippen molar-refractivity contribution in [3.05, 3.63) is 64.1 Å². The van der Waals surface area contributed by atoms with Crippen LogP contribution in [0.2, 0.25) is 0 Å². The molecule has 0 saturated heterocycles. The van der Waals surface area contributed by atoms with Crippen molar-refractivity contribution in [2.75, 3.05) is 11.9 Å². The van der Waals surface area contributed by atoms with Gasteiger partial charge in [0.15, 0.2) is 0 Å². The largest absolute Gasteiger partial charge is 0.375 e. The van der Waals surface area contributed by atoms with Gasteiger partial charge in [-0.25, -0.2) is 8.78 Å². The number of hydrogen-bond acceptors (Lipinski definition) is 2. The molecule has 0 radical (unpaired) electrons. The average molecular weight is 327 g/mol. The quantitative estimate of drug-likeness (QED) is 0.895. The highest BCUT2D eigenvalue weighted by molar-refractivity contribution is 9.10. The summed E-state index contributed by atoms with van der Waals surface area (Å²) in [4.78, 5) is 0. The fraction of sp³-hybridized carbons (Fsp3) is 0.143. The lowest BCUT2D eigenvalue weighted by Gasteiger charge is -2.20. The molecule has 2 aromatic carbocycles. The van der Waals surface area contributed by atoms with Crippen molar-refractivity contribution in [3.63, 3.8) is 0 Å². The van der Waals surface area contributed by atoms with Crippen LogP contribution in [-0.4, -0.2) is 6.54 Å². The second kappa shape index (κ2) is 6.12. The third-order valence-electron chi connectivity index (χ3n) is 2.78. The summed E-state index contributed by atoms with van der Waals surface area (Å²) in [5.41, 5.74) is 6.86. The number of rotatable bonds is 4. The number of halogens is 3. The van der Waals surface area contributed by atoms with Gasteiger partial charge in [-0.1, -0.05) is 34.1 Å². The first-order valence-electron chi connectivity index (χ1n) is 5.78. The van der Waals surface area contributed by atoms with E-state index in [0.717, 1.165) is 5.56 Å². The Morgan fingerprint density at radius 3 is 2.53 bits per heavy atom. The van der Waals surface area contributed by atoms with Gasteiger partial charge in [0, 0.05) is 11.0 Å². The summed E-state index contributed by atoms with van der Waals surface area (Å²) in [6.07, 6.45) is 0. The van der Waals surface area contributed by atoms with Crippen molar-refractivity contribution in [1.29, 1.82) is 0 Å². The average Bonchev–Trinajstić information content (AvgIpc) is 2.39. The molecule has 0 aliphatic rings. The van der Waals surface area contributed by atoms with Gasteiger partial charge in [0.1, 0.15) is 11.6 Å². The summed E-state index contributed by atoms with van der Waals surface area (Å²) in [5.74, 6) is -0.684. The van der Waals surface area contributed by atoms with Crippen molar-refractivity contribution in [2.45, 2.75) is 6.04 Å². The molecule has 0 fully saturated rings. The SMILES string of the molecule is NCC(Nc1ccccc1F)c1ccc(F)cc1Br. The monoisotopic (exact) mass is 326 g/mol. The van der Waals surface area contributed by atoms with Crippen LogP contribution in [0.5, 0.6) is 0 Å². The molecule has 2 rings (SSSR count). The maximum Gasteiger partial charge on any atom is 0.146 e. The Morgan fingerprint density at radius 1 is 1.16 bits per heavy atom. The zero-order valence-electron chi connectivity index (χ0n) is 10.0. The number of nitrogens with one attached hydrogen (secondary N) is 1. The highest BCUT2D eigenvalue weighted by Gasteiger charge is 2.14. The molecular formula is C14H13BrF2N2. The van der Waals surface area contributed by atoms with E-state index >= 15 is 0 Å². The van der Waals surface area contributed by atoms with Crippen LogP contribution < -0.4 is 11.1 Å². The molecule has 2 nitrogen and oxygen atoms in total. The lowest BCUT2D eigenvalue weighted by Crippen LogP contribution is -2.21. The highest BCUT2D eigenvalue weighted by Crippen LogP contribution is 2.27. The van der Waals surface area contributed by atoms with E-state index in [-0.39, 0.29) is 24.2 Å². The van der Waals surface area contributed by atoms with E-state index < -0.39 is 0 Å². The van der Waals surface area contributed by atoms with Crippen molar-refractivity contribution in [1.82, 2.24) is 0 Å². The van der Waals surface area contributed by atoms with Crippen molar-refractivity contribution in [2.24, 2.45) is 5.73 Å². The Morgan fingerprint density at radius 2 is 1.89 bits per heavy atom. The molecule has 0 spiro atoms. The minimum atomic E-state index is -0.348. The fourth-order valence-electron chi connectivity index (χ4n) is 1.81.